The largest absolute Gasteiger partial charge is 0.218 e. The van der Waals surface area contributed by atoms with Crippen LogP contribution in [0.25, 0.3) is 6.08 Å². The molecule has 1 heterocycles. The van der Waals surface area contributed by atoms with E-state index in [0.717, 1.165) is 10.5 Å². The molecule has 0 atom stereocenters. The molecule has 0 unspecified atom stereocenters. The molecule has 0 bridgehead atoms. The second kappa shape index (κ2) is 4.30. The maximum absolute atomic E-state index is 12.3. The standard InChI is InChI=1S/C14H10O2S2/c15-18(16)13-9-5-4-6-11(13)10-14(18)17-12-7-2-1-3-8-12/h1-10H. The Bertz CT molecular complexity index is 716. The number of benzene rings is 2. The van der Waals surface area contributed by atoms with Gasteiger partial charge in [0, 0.05) is 4.90 Å². The van der Waals surface area contributed by atoms with E-state index >= 15 is 0 Å². The SMILES string of the molecule is O=S1(=O)C(Sc2ccccc2)=Cc2ccccc21. The van der Waals surface area contributed by atoms with Gasteiger partial charge in [-0.25, -0.2) is 8.42 Å². The molecule has 0 radical (unpaired) electrons. The molecular weight excluding hydrogens is 264 g/mol. The maximum atomic E-state index is 12.3. The predicted molar refractivity (Wildman–Crippen MR) is 73.9 cm³/mol. The number of rotatable bonds is 2. The van der Waals surface area contributed by atoms with E-state index in [1.807, 2.05) is 42.5 Å². The highest BCUT2D eigenvalue weighted by atomic mass is 32.3. The molecule has 2 aromatic rings. The van der Waals surface area contributed by atoms with Crippen LogP contribution in [-0.4, -0.2) is 8.42 Å². The Balaban J connectivity index is 2.02. The third kappa shape index (κ3) is 1.87. The smallest absolute Gasteiger partial charge is 0.213 e. The van der Waals surface area contributed by atoms with Crippen molar-refractivity contribution in [2.75, 3.05) is 0 Å². The summed E-state index contributed by atoms with van der Waals surface area (Å²) in [6, 6.07) is 16.6. The first-order valence-corrected chi connectivity index (χ1v) is 7.76. The van der Waals surface area contributed by atoms with Crippen LogP contribution in [0.1, 0.15) is 5.56 Å². The van der Waals surface area contributed by atoms with Crippen LogP contribution in [0.4, 0.5) is 0 Å². The molecule has 0 fully saturated rings. The molecule has 0 N–H and O–H groups in total. The van der Waals surface area contributed by atoms with Gasteiger partial charge in [-0.15, -0.1) is 0 Å². The van der Waals surface area contributed by atoms with Gasteiger partial charge in [0.05, 0.1) is 4.90 Å². The minimum atomic E-state index is -3.32. The molecule has 0 spiro atoms. The number of fused-ring (bicyclic) bond motifs is 1. The van der Waals surface area contributed by atoms with E-state index in [9.17, 15) is 8.42 Å². The first-order valence-electron chi connectivity index (χ1n) is 5.47. The normalized spacial score (nSPS) is 16.1. The van der Waals surface area contributed by atoms with Crippen molar-refractivity contribution in [2.24, 2.45) is 0 Å². The Morgan fingerprint density at radius 2 is 1.50 bits per heavy atom. The molecule has 0 aliphatic carbocycles. The third-order valence-corrected chi connectivity index (χ3v) is 6.04. The topological polar surface area (TPSA) is 34.1 Å². The highest BCUT2D eigenvalue weighted by Gasteiger charge is 2.29. The Morgan fingerprint density at radius 1 is 0.833 bits per heavy atom. The van der Waals surface area contributed by atoms with Gasteiger partial charge in [0.2, 0.25) is 9.84 Å². The van der Waals surface area contributed by atoms with Crippen LogP contribution in [0.2, 0.25) is 0 Å². The molecule has 0 saturated heterocycles. The lowest BCUT2D eigenvalue weighted by atomic mass is 10.2. The molecule has 4 heteroatoms. The first-order chi connectivity index (χ1) is 8.68. The Hall–Kier alpha value is -1.52. The summed E-state index contributed by atoms with van der Waals surface area (Å²) in [5.41, 5.74) is 0.774. The quantitative estimate of drug-likeness (QED) is 0.839. The van der Waals surface area contributed by atoms with Crippen LogP contribution in [0.15, 0.2) is 68.6 Å². The summed E-state index contributed by atoms with van der Waals surface area (Å²) in [6.45, 7) is 0. The van der Waals surface area contributed by atoms with Gasteiger partial charge in [-0.2, -0.15) is 0 Å². The van der Waals surface area contributed by atoms with Crippen LogP contribution in [0.3, 0.4) is 0 Å². The van der Waals surface area contributed by atoms with Crippen molar-refractivity contribution in [2.45, 2.75) is 9.79 Å². The average molecular weight is 274 g/mol. The molecule has 1 aliphatic rings. The van der Waals surface area contributed by atoms with Crippen LogP contribution >= 0.6 is 11.8 Å². The van der Waals surface area contributed by atoms with Crippen molar-refractivity contribution in [1.29, 1.82) is 0 Å². The minimum absolute atomic E-state index is 0.398. The molecule has 2 aromatic carbocycles. The van der Waals surface area contributed by atoms with Crippen LogP contribution in [0, 0.1) is 0 Å². The van der Waals surface area contributed by atoms with E-state index in [2.05, 4.69) is 0 Å². The predicted octanol–water partition coefficient (Wildman–Crippen LogP) is 3.56. The van der Waals surface area contributed by atoms with Crippen molar-refractivity contribution in [3.05, 3.63) is 64.4 Å². The number of hydrogen-bond donors (Lipinski definition) is 0. The van der Waals surface area contributed by atoms with E-state index in [-0.39, 0.29) is 0 Å². The zero-order valence-electron chi connectivity index (χ0n) is 9.41. The van der Waals surface area contributed by atoms with Gasteiger partial charge in [-0.1, -0.05) is 48.2 Å². The fourth-order valence-electron chi connectivity index (χ4n) is 1.85. The molecule has 2 nitrogen and oxygen atoms in total. The van der Waals surface area contributed by atoms with Crippen molar-refractivity contribution < 1.29 is 8.42 Å². The molecular formula is C14H10O2S2. The van der Waals surface area contributed by atoms with Gasteiger partial charge in [-0.05, 0) is 29.8 Å². The van der Waals surface area contributed by atoms with Gasteiger partial charge in [0.25, 0.3) is 0 Å². The average Bonchev–Trinajstić information content (AvgIpc) is 2.63. The summed E-state index contributed by atoms with van der Waals surface area (Å²) in [7, 11) is -3.32. The van der Waals surface area contributed by atoms with Gasteiger partial charge in [0.1, 0.15) is 4.24 Å². The van der Waals surface area contributed by atoms with Crippen molar-refractivity contribution in [3.8, 4) is 0 Å². The second-order valence-electron chi connectivity index (χ2n) is 3.92. The number of hydrogen-bond acceptors (Lipinski definition) is 3. The number of sulfone groups is 1. The molecule has 3 rings (SSSR count). The van der Waals surface area contributed by atoms with Gasteiger partial charge in [0.15, 0.2) is 0 Å². The summed E-state index contributed by atoms with van der Waals surface area (Å²) in [5, 5.41) is 0. The van der Waals surface area contributed by atoms with Gasteiger partial charge in [-0.3, -0.25) is 0 Å². The van der Waals surface area contributed by atoms with E-state index in [1.165, 1.54) is 11.8 Å². The van der Waals surface area contributed by atoms with Crippen LogP contribution in [0.5, 0.6) is 0 Å². The molecule has 0 amide bonds. The van der Waals surface area contributed by atoms with Gasteiger partial charge >= 0.3 is 0 Å². The van der Waals surface area contributed by atoms with E-state index in [4.69, 9.17) is 0 Å². The van der Waals surface area contributed by atoms with Crippen LogP contribution in [-0.2, 0) is 9.84 Å². The third-order valence-electron chi connectivity index (χ3n) is 2.71. The number of thioether (sulfide) groups is 1. The lowest BCUT2D eigenvalue weighted by Crippen LogP contribution is -1.97. The van der Waals surface area contributed by atoms with Crippen LogP contribution < -0.4 is 0 Å². The molecule has 0 saturated carbocycles. The Labute approximate surface area is 110 Å². The minimum Gasteiger partial charge on any atom is -0.218 e. The summed E-state index contributed by atoms with van der Waals surface area (Å²) in [5.74, 6) is 0. The summed E-state index contributed by atoms with van der Waals surface area (Å²) >= 11 is 1.29. The summed E-state index contributed by atoms with van der Waals surface area (Å²) in [6.07, 6.45) is 1.74. The monoisotopic (exact) mass is 274 g/mol. The fourth-order valence-corrected chi connectivity index (χ4v) is 4.75. The summed E-state index contributed by atoms with van der Waals surface area (Å²) < 4.78 is 25.0. The zero-order chi connectivity index (χ0) is 12.6. The highest BCUT2D eigenvalue weighted by Crippen LogP contribution is 2.41. The molecule has 90 valence electrons. The van der Waals surface area contributed by atoms with Crippen molar-refractivity contribution in [3.63, 3.8) is 0 Å². The molecule has 0 aromatic heterocycles. The van der Waals surface area contributed by atoms with Crippen molar-refractivity contribution >= 4 is 27.7 Å². The molecule has 1 aliphatic heterocycles. The first kappa shape index (κ1) is 11.6. The zero-order valence-corrected chi connectivity index (χ0v) is 11.0. The fraction of sp³-hybridized carbons (Fsp3) is 0. The summed E-state index contributed by atoms with van der Waals surface area (Å²) in [4.78, 5) is 1.34. The lowest BCUT2D eigenvalue weighted by Gasteiger charge is -2.03. The van der Waals surface area contributed by atoms with E-state index in [1.54, 1.807) is 18.2 Å². The van der Waals surface area contributed by atoms with Gasteiger partial charge < -0.3 is 0 Å². The van der Waals surface area contributed by atoms with E-state index in [0.29, 0.717) is 9.13 Å². The second-order valence-corrected chi connectivity index (χ2v) is 7.18. The van der Waals surface area contributed by atoms with Crippen molar-refractivity contribution in [1.82, 2.24) is 0 Å². The Morgan fingerprint density at radius 3 is 2.22 bits per heavy atom. The van der Waals surface area contributed by atoms with E-state index < -0.39 is 9.84 Å². The molecule has 18 heavy (non-hydrogen) atoms. The Kier molecular flexibility index (Phi) is 2.76. The lowest BCUT2D eigenvalue weighted by molar-refractivity contribution is 0.605. The maximum Gasteiger partial charge on any atom is 0.213 e. The highest BCUT2D eigenvalue weighted by molar-refractivity contribution is 8.19.